The lowest BCUT2D eigenvalue weighted by Crippen LogP contribution is -2.33. The average molecular weight is 362 g/mol. The Labute approximate surface area is 148 Å². The van der Waals surface area contributed by atoms with E-state index in [9.17, 15) is 13.2 Å². The molecule has 0 aliphatic rings. The van der Waals surface area contributed by atoms with Crippen LogP contribution in [0.1, 0.15) is 16.7 Å². The smallest absolute Gasteiger partial charge is 0.241 e. The van der Waals surface area contributed by atoms with Crippen molar-refractivity contribution < 1.29 is 17.9 Å². The van der Waals surface area contributed by atoms with E-state index in [-0.39, 0.29) is 11.4 Å². The largest absolute Gasteiger partial charge is 0.497 e. The molecule has 0 saturated carbocycles. The number of ether oxygens (including phenoxy) is 1. The number of rotatable bonds is 6. The van der Waals surface area contributed by atoms with Crippen molar-refractivity contribution in [2.45, 2.75) is 25.7 Å². The third kappa shape index (κ3) is 4.80. The van der Waals surface area contributed by atoms with Gasteiger partial charge < -0.3 is 10.1 Å². The van der Waals surface area contributed by atoms with Crippen molar-refractivity contribution in [2.24, 2.45) is 0 Å². The first-order valence-corrected chi connectivity index (χ1v) is 9.22. The zero-order valence-corrected chi connectivity index (χ0v) is 15.5. The van der Waals surface area contributed by atoms with E-state index in [1.54, 1.807) is 50.2 Å². The molecule has 1 amide bonds. The van der Waals surface area contributed by atoms with Crippen molar-refractivity contribution >= 4 is 21.6 Å². The third-order valence-electron chi connectivity index (χ3n) is 3.65. The number of carbonyl (C=O) groups is 1. The van der Waals surface area contributed by atoms with Gasteiger partial charge in [-0.15, -0.1) is 0 Å². The highest BCUT2D eigenvalue weighted by molar-refractivity contribution is 7.89. The molecule has 0 fully saturated rings. The van der Waals surface area contributed by atoms with E-state index in [0.717, 1.165) is 5.56 Å². The van der Waals surface area contributed by atoms with E-state index in [1.165, 1.54) is 7.11 Å². The van der Waals surface area contributed by atoms with Crippen molar-refractivity contribution in [3.8, 4) is 5.75 Å². The molecule has 0 bridgehead atoms. The minimum absolute atomic E-state index is 0.215. The molecule has 25 heavy (non-hydrogen) atoms. The fraction of sp³-hybridized carbons (Fsp3) is 0.278. The van der Waals surface area contributed by atoms with E-state index >= 15 is 0 Å². The molecule has 0 radical (unpaired) electrons. The monoisotopic (exact) mass is 362 g/mol. The SMILES string of the molecule is COc1cccc(NC(=O)CNS(=O)(=O)c2c(C)cc(C)cc2C)c1. The summed E-state index contributed by atoms with van der Waals surface area (Å²) in [5.74, 6) is 0.142. The van der Waals surface area contributed by atoms with E-state index < -0.39 is 15.9 Å². The molecule has 0 aliphatic heterocycles. The van der Waals surface area contributed by atoms with Crippen LogP contribution in [0.5, 0.6) is 5.75 Å². The van der Waals surface area contributed by atoms with Crippen LogP contribution in [0.3, 0.4) is 0 Å². The summed E-state index contributed by atoms with van der Waals surface area (Å²) in [4.78, 5) is 12.3. The van der Waals surface area contributed by atoms with Gasteiger partial charge >= 0.3 is 0 Å². The van der Waals surface area contributed by atoms with Gasteiger partial charge in [0.15, 0.2) is 0 Å². The van der Waals surface area contributed by atoms with Gasteiger partial charge in [-0.25, -0.2) is 13.1 Å². The highest BCUT2D eigenvalue weighted by atomic mass is 32.2. The Morgan fingerprint density at radius 1 is 1.08 bits per heavy atom. The van der Waals surface area contributed by atoms with Crippen molar-refractivity contribution in [1.82, 2.24) is 4.72 Å². The summed E-state index contributed by atoms with van der Waals surface area (Å²) in [6, 6.07) is 10.4. The number of hydrogen-bond acceptors (Lipinski definition) is 4. The fourth-order valence-corrected chi connectivity index (χ4v) is 4.16. The van der Waals surface area contributed by atoms with Gasteiger partial charge in [0.25, 0.3) is 0 Å². The van der Waals surface area contributed by atoms with Gasteiger partial charge in [-0.3, -0.25) is 4.79 Å². The fourth-order valence-electron chi connectivity index (χ4n) is 2.73. The number of benzene rings is 2. The van der Waals surface area contributed by atoms with Crippen molar-refractivity contribution in [3.05, 3.63) is 53.1 Å². The molecule has 2 aromatic rings. The average Bonchev–Trinajstić information content (AvgIpc) is 2.52. The van der Waals surface area contributed by atoms with E-state index in [0.29, 0.717) is 22.6 Å². The summed E-state index contributed by atoms with van der Waals surface area (Å²) in [5, 5.41) is 2.63. The number of hydrogen-bond donors (Lipinski definition) is 2. The Bertz CT molecular complexity index is 869. The standard InChI is InChI=1S/C18H22N2O4S/c1-12-8-13(2)18(14(3)9-12)25(22,23)19-11-17(21)20-15-6-5-7-16(10-15)24-4/h5-10,19H,11H2,1-4H3,(H,20,21). The summed E-state index contributed by atoms with van der Waals surface area (Å²) in [6.45, 7) is 5.04. The Kier molecular flexibility index (Phi) is 5.81. The Hall–Kier alpha value is -2.38. The van der Waals surface area contributed by atoms with Crippen LogP contribution >= 0.6 is 0 Å². The van der Waals surface area contributed by atoms with E-state index in [2.05, 4.69) is 10.0 Å². The summed E-state index contributed by atoms with van der Waals surface area (Å²) in [6.07, 6.45) is 0. The number of amides is 1. The maximum absolute atomic E-state index is 12.5. The summed E-state index contributed by atoms with van der Waals surface area (Å²) < 4.78 is 32.5. The first kappa shape index (κ1) is 19.0. The molecular formula is C18H22N2O4S. The Morgan fingerprint density at radius 3 is 2.32 bits per heavy atom. The lowest BCUT2D eigenvalue weighted by Gasteiger charge is -2.13. The zero-order chi connectivity index (χ0) is 18.6. The van der Waals surface area contributed by atoms with Crippen LogP contribution in [0.2, 0.25) is 0 Å². The van der Waals surface area contributed by atoms with Crippen molar-refractivity contribution in [2.75, 3.05) is 19.0 Å². The molecular weight excluding hydrogens is 340 g/mol. The van der Waals surface area contributed by atoms with Crippen LogP contribution < -0.4 is 14.8 Å². The van der Waals surface area contributed by atoms with Crippen LogP contribution in [0.15, 0.2) is 41.3 Å². The van der Waals surface area contributed by atoms with Crippen LogP contribution in [0.25, 0.3) is 0 Å². The van der Waals surface area contributed by atoms with E-state index in [1.807, 2.05) is 6.92 Å². The van der Waals surface area contributed by atoms with Gasteiger partial charge in [0.1, 0.15) is 5.75 Å². The number of sulfonamides is 1. The molecule has 6 nitrogen and oxygen atoms in total. The highest BCUT2D eigenvalue weighted by Gasteiger charge is 2.20. The second kappa shape index (κ2) is 7.67. The van der Waals surface area contributed by atoms with Crippen LogP contribution in [-0.4, -0.2) is 28.0 Å². The summed E-state index contributed by atoms with van der Waals surface area (Å²) >= 11 is 0. The Morgan fingerprint density at radius 2 is 1.72 bits per heavy atom. The minimum atomic E-state index is -3.77. The minimum Gasteiger partial charge on any atom is -0.497 e. The first-order chi connectivity index (χ1) is 11.7. The summed E-state index contributed by atoms with van der Waals surface area (Å²) in [5.41, 5.74) is 2.83. The molecule has 7 heteroatoms. The molecule has 2 rings (SSSR count). The predicted molar refractivity (Wildman–Crippen MR) is 97.5 cm³/mol. The zero-order valence-electron chi connectivity index (χ0n) is 14.7. The maximum Gasteiger partial charge on any atom is 0.241 e. The molecule has 134 valence electrons. The lowest BCUT2D eigenvalue weighted by atomic mass is 10.1. The predicted octanol–water partition coefficient (Wildman–Crippen LogP) is 2.54. The third-order valence-corrected chi connectivity index (χ3v) is 5.36. The molecule has 2 aromatic carbocycles. The van der Waals surface area contributed by atoms with Gasteiger partial charge in [-0.2, -0.15) is 0 Å². The molecule has 0 atom stereocenters. The molecule has 2 N–H and O–H groups in total. The maximum atomic E-state index is 12.5. The van der Waals surface area contributed by atoms with Crippen molar-refractivity contribution in [1.29, 1.82) is 0 Å². The van der Waals surface area contributed by atoms with Gasteiger partial charge in [-0.05, 0) is 44.0 Å². The Balaban J connectivity index is 2.08. The molecule has 0 heterocycles. The molecule has 0 unspecified atom stereocenters. The normalized spacial score (nSPS) is 11.2. The second-order valence-corrected chi connectivity index (χ2v) is 7.54. The van der Waals surface area contributed by atoms with Gasteiger partial charge in [0.05, 0.1) is 18.6 Å². The van der Waals surface area contributed by atoms with Gasteiger partial charge in [0, 0.05) is 11.8 Å². The second-order valence-electron chi connectivity index (χ2n) is 5.83. The van der Waals surface area contributed by atoms with Gasteiger partial charge in [0.2, 0.25) is 15.9 Å². The molecule has 0 spiro atoms. The first-order valence-electron chi connectivity index (χ1n) is 7.74. The van der Waals surface area contributed by atoms with Gasteiger partial charge in [-0.1, -0.05) is 23.8 Å². The molecule has 0 saturated heterocycles. The van der Waals surface area contributed by atoms with Crippen LogP contribution in [0, 0.1) is 20.8 Å². The summed E-state index contributed by atoms with van der Waals surface area (Å²) in [7, 11) is -2.25. The number of aryl methyl sites for hydroxylation is 3. The quantitative estimate of drug-likeness (QED) is 0.827. The van der Waals surface area contributed by atoms with E-state index in [4.69, 9.17) is 4.74 Å². The molecule has 0 aliphatic carbocycles. The van der Waals surface area contributed by atoms with Crippen LogP contribution in [0.4, 0.5) is 5.69 Å². The highest BCUT2D eigenvalue weighted by Crippen LogP contribution is 2.21. The van der Waals surface area contributed by atoms with Crippen LogP contribution in [-0.2, 0) is 14.8 Å². The lowest BCUT2D eigenvalue weighted by molar-refractivity contribution is -0.115. The van der Waals surface area contributed by atoms with Crippen molar-refractivity contribution in [3.63, 3.8) is 0 Å². The number of nitrogens with one attached hydrogen (secondary N) is 2. The topological polar surface area (TPSA) is 84.5 Å². The number of anilines is 1. The number of methoxy groups -OCH3 is 1. The number of carbonyl (C=O) groups excluding carboxylic acids is 1. The molecule has 0 aromatic heterocycles.